The molecule has 0 saturated heterocycles. The Balaban J connectivity index is 1.99. The van der Waals surface area contributed by atoms with E-state index in [1.165, 1.54) is 0 Å². The largest absolute Gasteiger partial charge is 0.483 e. The minimum absolute atomic E-state index is 0.0985. The summed E-state index contributed by atoms with van der Waals surface area (Å²) in [6.45, 7) is 1.06. The summed E-state index contributed by atoms with van der Waals surface area (Å²) in [5, 5.41) is 18.2. The number of aryl methyl sites for hydroxylation is 1. The molecule has 0 saturated carbocycles. The number of hydrogen-bond acceptors (Lipinski definition) is 6. The fourth-order valence-corrected chi connectivity index (χ4v) is 1.44. The van der Waals surface area contributed by atoms with E-state index in [4.69, 9.17) is 14.3 Å². The van der Waals surface area contributed by atoms with Gasteiger partial charge in [-0.05, 0) is 18.2 Å². The maximum Gasteiger partial charge on any atom is 0.339 e. The maximum absolute atomic E-state index is 13.0. The second-order valence-corrected chi connectivity index (χ2v) is 3.91. The number of rotatable bonds is 5. The van der Waals surface area contributed by atoms with E-state index in [0.29, 0.717) is 0 Å². The van der Waals surface area contributed by atoms with Gasteiger partial charge in [-0.15, -0.1) is 5.10 Å². The van der Waals surface area contributed by atoms with Crippen molar-refractivity contribution in [1.29, 1.82) is 0 Å². The van der Waals surface area contributed by atoms with Crippen LogP contribution in [0.2, 0.25) is 0 Å². The van der Waals surface area contributed by atoms with Crippen molar-refractivity contribution in [3.8, 4) is 5.75 Å². The lowest BCUT2D eigenvalue weighted by Crippen LogP contribution is -2.21. The van der Waals surface area contributed by atoms with Gasteiger partial charge >= 0.3 is 12.0 Å². The second kappa shape index (κ2) is 5.99. The minimum Gasteiger partial charge on any atom is -0.483 e. The highest BCUT2D eigenvalue weighted by Gasteiger charge is 2.15. The van der Waals surface area contributed by atoms with Gasteiger partial charge in [0.1, 0.15) is 17.1 Å². The van der Waals surface area contributed by atoms with Gasteiger partial charge in [0.05, 0.1) is 0 Å². The zero-order valence-corrected chi connectivity index (χ0v) is 10.8. The lowest BCUT2D eigenvalue weighted by atomic mass is 10.2. The van der Waals surface area contributed by atoms with E-state index in [2.05, 4.69) is 15.5 Å². The number of nitrogens with zero attached hydrogens (tertiary/aromatic N) is 2. The zero-order chi connectivity index (χ0) is 15.4. The molecule has 1 amide bonds. The van der Waals surface area contributed by atoms with Gasteiger partial charge in [0.25, 0.3) is 5.91 Å². The molecule has 0 aliphatic carbocycles. The van der Waals surface area contributed by atoms with Crippen molar-refractivity contribution in [2.24, 2.45) is 0 Å². The molecule has 110 valence electrons. The predicted octanol–water partition coefficient (Wildman–Crippen LogP) is 1.23. The highest BCUT2D eigenvalue weighted by atomic mass is 19.1. The number of carbonyl (C=O) groups excluding carboxylic acids is 1. The molecule has 1 heterocycles. The molecule has 2 rings (SSSR count). The van der Waals surface area contributed by atoms with Crippen molar-refractivity contribution in [1.82, 2.24) is 10.2 Å². The monoisotopic (exact) mass is 295 g/mol. The molecule has 0 atom stereocenters. The third-order valence-electron chi connectivity index (χ3n) is 2.30. The van der Waals surface area contributed by atoms with E-state index in [0.717, 1.165) is 18.2 Å². The van der Waals surface area contributed by atoms with Crippen molar-refractivity contribution >= 4 is 17.9 Å². The summed E-state index contributed by atoms with van der Waals surface area (Å²) >= 11 is 0. The average molecular weight is 295 g/mol. The van der Waals surface area contributed by atoms with Gasteiger partial charge in [0, 0.05) is 6.92 Å². The molecule has 0 spiro atoms. The topological polar surface area (TPSA) is 115 Å². The average Bonchev–Trinajstić information content (AvgIpc) is 2.82. The summed E-state index contributed by atoms with van der Waals surface area (Å²) in [5.41, 5.74) is -0.378. The lowest BCUT2D eigenvalue weighted by molar-refractivity contribution is -0.118. The zero-order valence-electron chi connectivity index (χ0n) is 10.8. The Kier molecular flexibility index (Phi) is 4.12. The van der Waals surface area contributed by atoms with Crippen molar-refractivity contribution in [3.05, 3.63) is 35.5 Å². The van der Waals surface area contributed by atoms with E-state index in [-0.39, 0.29) is 23.2 Å². The minimum atomic E-state index is -1.36. The molecule has 0 aliphatic rings. The molecule has 0 fully saturated rings. The van der Waals surface area contributed by atoms with Crippen molar-refractivity contribution in [2.75, 3.05) is 11.9 Å². The van der Waals surface area contributed by atoms with Crippen LogP contribution >= 0.6 is 0 Å². The summed E-state index contributed by atoms with van der Waals surface area (Å²) in [6, 6.07) is 2.86. The predicted molar refractivity (Wildman–Crippen MR) is 66.5 cm³/mol. The Bertz CT molecular complexity index is 685. The first-order valence-corrected chi connectivity index (χ1v) is 5.71. The number of amides is 1. The van der Waals surface area contributed by atoms with Gasteiger partial charge in [0.2, 0.25) is 5.89 Å². The number of aromatic nitrogens is 2. The molecule has 2 N–H and O–H groups in total. The number of nitrogens with one attached hydrogen (secondary N) is 1. The molecule has 0 unspecified atom stereocenters. The Hall–Kier alpha value is -2.97. The van der Waals surface area contributed by atoms with Crippen molar-refractivity contribution in [2.45, 2.75) is 6.92 Å². The molecule has 0 radical (unpaired) electrons. The van der Waals surface area contributed by atoms with Crippen LogP contribution in [0.4, 0.5) is 10.4 Å². The molecule has 8 nitrogen and oxygen atoms in total. The molecular formula is C12H10FN3O5. The van der Waals surface area contributed by atoms with Gasteiger partial charge < -0.3 is 14.3 Å². The second-order valence-electron chi connectivity index (χ2n) is 3.91. The van der Waals surface area contributed by atoms with Gasteiger partial charge in [-0.2, -0.15) is 0 Å². The molecule has 21 heavy (non-hydrogen) atoms. The lowest BCUT2D eigenvalue weighted by Gasteiger charge is -2.08. The van der Waals surface area contributed by atoms with Crippen LogP contribution in [0.5, 0.6) is 5.75 Å². The number of halogens is 1. The van der Waals surface area contributed by atoms with E-state index in [9.17, 15) is 14.0 Å². The van der Waals surface area contributed by atoms with Gasteiger partial charge in [-0.1, -0.05) is 5.10 Å². The van der Waals surface area contributed by atoms with E-state index < -0.39 is 24.3 Å². The number of aromatic carboxylic acids is 1. The van der Waals surface area contributed by atoms with Crippen LogP contribution < -0.4 is 10.1 Å². The molecule has 9 heteroatoms. The first-order valence-electron chi connectivity index (χ1n) is 5.71. The fourth-order valence-electron chi connectivity index (χ4n) is 1.44. The third-order valence-corrected chi connectivity index (χ3v) is 2.30. The molecule has 0 aliphatic heterocycles. The number of hydrogen-bond donors (Lipinski definition) is 2. The molecule has 1 aromatic carbocycles. The summed E-state index contributed by atoms with van der Waals surface area (Å²) < 4.78 is 22.9. The smallest absolute Gasteiger partial charge is 0.339 e. The number of carboxylic acid groups (broad SMARTS) is 1. The number of benzene rings is 1. The van der Waals surface area contributed by atoms with Gasteiger partial charge in [-0.3, -0.25) is 10.1 Å². The highest BCUT2D eigenvalue weighted by Crippen LogP contribution is 2.19. The van der Waals surface area contributed by atoms with Crippen molar-refractivity contribution in [3.63, 3.8) is 0 Å². The first kappa shape index (κ1) is 14.4. The Morgan fingerprint density at radius 3 is 2.81 bits per heavy atom. The SMILES string of the molecule is Cc1nnc(NC(=O)COc2ccc(F)cc2C(=O)O)o1. The van der Waals surface area contributed by atoms with Crippen LogP contribution in [-0.2, 0) is 4.79 Å². The number of ether oxygens (including phenoxy) is 1. The molecular weight excluding hydrogens is 285 g/mol. The molecule has 1 aromatic heterocycles. The summed E-state index contributed by atoms with van der Waals surface area (Å²) in [6.07, 6.45) is 0. The van der Waals surface area contributed by atoms with E-state index >= 15 is 0 Å². The van der Waals surface area contributed by atoms with Crippen LogP contribution in [0, 0.1) is 12.7 Å². The van der Waals surface area contributed by atoms with Crippen LogP contribution in [0.25, 0.3) is 0 Å². The fraction of sp³-hybridized carbons (Fsp3) is 0.167. The number of anilines is 1. The number of carboxylic acids is 1. The molecule has 2 aromatic rings. The third kappa shape index (κ3) is 3.75. The normalized spacial score (nSPS) is 10.2. The summed E-state index contributed by atoms with van der Waals surface area (Å²) in [4.78, 5) is 22.5. The Labute approximate surface area is 117 Å². The van der Waals surface area contributed by atoms with E-state index in [1.807, 2.05) is 0 Å². The van der Waals surface area contributed by atoms with Crippen LogP contribution in [0.1, 0.15) is 16.2 Å². The van der Waals surface area contributed by atoms with E-state index in [1.54, 1.807) is 6.92 Å². The standard InChI is InChI=1S/C12H10FN3O5/c1-6-15-16-12(21-6)14-10(17)5-20-9-3-2-7(13)4-8(9)11(18)19/h2-4H,5H2,1H3,(H,18,19)(H,14,16,17). The first-order chi connectivity index (χ1) is 9.95. The Morgan fingerprint density at radius 1 is 1.43 bits per heavy atom. The van der Waals surface area contributed by atoms with Gasteiger partial charge in [0.15, 0.2) is 6.61 Å². The molecule has 0 bridgehead atoms. The van der Waals surface area contributed by atoms with Gasteiger partial charge in [-0.25, -0.2) is 9.18 Å². The van der Waals surface area contributed by atoms with Crippen LogP contribution in [-0.4, -0.2) is 33.8 Å². The summed E-state index contributed by atoms with van der Waals surface area (Å²) in [7, 11) is 0. The summed E-state index contributed by atoms with van der Waals surface area (Å²) in [5.74, 6) is -2.55. The highest BCUT2D eigenvalue weighted by molar-refractivity contribution is 5.92. The van der Waals surface area contributed by atoms with Crippen LogP contribution in [0.15, 0.2) is 22.6 Å². The maximum atomic E-state index is 13.0. The Morgan fingerprint density at radius 2 is 2.19 bits per heavy atom. The number of carbonyl (C=O) groups is 2. The van der Waals surface area contributed by atoms with Crippen molar-refractivity contribution < 1.29 is 28.2 Å². The quantitative estimate of drug-likeness (QED) is 0.852. The van der Waals surface area contributed by atoms with Crippen LogP contribution in [0.3, 0.4) is 0 Å².